The predicted octanol–water partition coefficient (Wildman–Crippen LogP) is 5.13. The molecule has 29 heavy (non-hydrogen) atoms. The molecular weight excluding hydrogens is 402 g/mol. The van der Waals surface area contributed by atoms with Gasteiger partial charge in [-0.05, 0) is 47.9 Å². The first-order valence-electron chi connectivity index (χ1n) is 8.87. The van der Waals surface area contributed by atoms with E-state index in [1.54, 1.807) is 13.2 Å². The Morgan fingerprint density at radius 2 is 2.14 bits per heavy atom. The Kier molecular flexibility index (Phi) is 5.38. The number of thioether (sulfide) groups is 1. The summed E-state index contributed by atoms with van der Waals surface area (Å²) in [6.07, 6.45) is 0. The number of nitrogens with zero attached hydrogens (tertiary/aromatic N) is 2. The fourth-order valence-electron chi connectivity index (χ4n) is 3.14. The van der Waals surface area contributed by atoms with E-state index in [0.717, 1.165) is 28.0 Å². The maximum absolute atomic E-state index is 12.8. The molecule has 144 valence electrons. The number of nitriles is 1. The second-order valence-corrected chi connectivity index (χ2v) is 8.31. The van der Waals surface area contributed by atoms with Gasteiger partial charge >= 0.3 is 0 Å². The molecule has 0 aliphatic rings. The van der Waals surface area contributed by atoms with Crippen molar-refractivity contribution in [2.75, 3.05) is 7.11 Å². The van der Waals surface area contributed by atoms with Crippen molar-refractivity contribution in [3.05, 3.63) is 74.9 Å². The van der Waals surface area contributed by atoms with Gasteiger partial charge in [-0.15, -0.1) is 11.3 Å². The highest BCUT2D eigenvalue weighted by Crippen LogP contribution is 2.34. The quantitative estimate of drug-likeness (QED) is 0.358. The molecule has 2 aromatic heterocycles. The lowest BCUT2D eigenvalue weighted by Gasteiger charge is -2.07. The van der Waals surface area contributed by atoms with Crippen LogP contribution in [0.1, 0.15) is 16.7 Å². The first-order chi connectivity index (χ1) is 14.1. The molecule has 4 rings (SSSR count). The second kappa shape index (κ2) is 8.11. The van der Waals surface area contributed by atoms with Gasteiger partial charge in [0, 0.05) is 16.7 Å². The molecule has 0 aliphatic carbocycles. The van der Waals surface area contributed by atoms with Crippen molar-refractivity contribution in [3.63, 3.8) is 0 Å². The third-order valence-electron chi connectivity index (χ3n) is 4.56. The third-order valence-corrected chi connectivity index (χ3v) is 6.38. The van der Waals surface area contributed by atoms with Gasteiger partial charge in [-0.3, -0.25) is 4.79 Å². The van der Waals surface area contributed by atoms with E-state index in [4.69, 9.17) is 10.00 Å². The van der Waals surface area contributed by atoms with Crippen molar-refractivity contribution in [2.45, 2.75) is 17.8 Å². The number of ether oxygens (including phenoxy) is 1. The lowest BCUT2D eigenvalue weighted by molar-refractivity contribution is 0.412. The van der Waals surface area contributed by atoms with E-state index in [-0.39, 0.29) is 5.56 Å². The van der Waals surface area contributed by atoms with Crippen molar-refractivity contribution in [1.82, 2.24) is 9.97 Å². The minimum Gasteiger partial charge on any atom is -0.496 e. The molecule has 0 bridgehead atoms. The summed E-state index contributed by atoms with van der Waals surface area (Å²) in [5, 5.41) is 12.2. The molecule has 0 radical (unpaired) electrons. The Morgan fingerprint density at radius 1 is 1.28 bits per heavy atom. The highest BCUT2D eigenvalue weighted by atomic mass is 32.2. The van der Waals surface area contributed by atoms with Crippen LogP contribution in [0.2, 0.25) is 0 Å². The van der Waals surface area contributed by atoms with Crippen LogP contribution in [0.4, 0.5) is 0 Å². The van der Waals surface area contributed by atoms with Gasteiger partial charge in [-0.1, -0.05) is 30.0 Å². The number of hydrogen-bond acceptors (Lipinski definition) is 6. The largest absolute Gasteiger partial charge is 0.496 e. The Labute approximate surface area is 176 Å². The van der Waals surface area contributed by atoms with E-state index < -0.39 is 0 Å². The maximum atomic E-state index is 12.8. The smallest absolute Gasteiger partial charge is 0.260 e. The fraction of sp³-hybridized carbons (Fsp3) is 0.136. The van der Waals surface area contributed by atoms with Gasteiger partial charge in [0.1, 0.15) is 10.6 Å². The summed E-state index contributed by atoms with van der Waals surface area (Å²) >= 11 is 2.91. The molecule has 0 amide bonds. The summed E-state index contributed by atoms with van der Waals surface area (Å²) in [4.78, 5) is 21.0. The topological polar surface area (TPSA) is 78.8 Å². The fourth-order valence-corrected chi connectivity index (χ4v) is 4.95. The predicted molar refractivity (Wildman–Crippen MR) is 118 cm³/mol. The average molecular weight is 420 g/mol. The van der Waals surface area contributed by atoms with E-state index >= 15 is 0 Å². The first-order valence-corrected chi connectivity index (χ1v) is 10.7. The number of aromatic nitrogens is 2. The molecule has 5 nitrogen and oxygen atoms in total. The summed E-state index contributed by atoms with van der Waals surface area (Å²) in [6, 6.07) is 15.5. The summed E-state index contributed by atoms with van der Waals surface area (Å²) < 4.78 is 5.32. The van der Waals surface area contributed by atoms with Gasteiger partial charge in [-0.2, -0.15) is 5.26 Å². The standard InChI is InChI=1S/C22H17N3O2S2/c1-13-8-16(6-7-18(13)27-2)17-12-28-21-19(17)20(26)24-22(25-21)29-11-15-5-3-4-14(9-15)10-23/h3-9,12H,11H2,1-2H3,(H,24,25,26). The molecular formula is C22H17N3O2S2. The van der Waals surface area contributed by atoms with E-state index in [1.165, 1.54) is 23.1 Å². The molecule has 0 saturated carbocycles. The Morgan fingerprint density at radius 3 is 2.90 bits per heavy atom. The lowest BCUT2D eigenvalue weighted by atomic mass is 10.0. The summed E-state index contributed by atoms with van der Waals surface area (Å²) in [6.45, 7) is 1.98. The van der Waals surface area contributed by atoms with Crippen molar-refractivity contribution in [2.24, 2.45) is 0 Å². The molecule has 0 fully saturated rings. The van der Waals surface area contributed by atoms with Crippen LogP contribution in [0, 0.1) is 18.3 Å². The SMILES string of the molecule is COc1ccc(-c2csc3nc(SCc4cccc(C#N)c4)[nH]c(=O)c23)cc1C. The highest BCUT2D eigenvalue weighted by molar-refractivity contribution is 7.98. The molecule has 0 saturated heterocycles. The normalized spacial score (nSPS) is 10.8. The van der Waals surface area contributed by atoms with Crippen LogP contribution in [0.3, 0.4) is 0 Å². The van der Waals surface area contributed by atoms with Gasteiger partial charge in [-0.25, -0.2) is 4.98 Å². The van der Waals surface area contributed by atoms with Crippen LogP contribution >= 0.6 is 23.1 Å². The first kappa shape index (κ1) is 19.2. The summed E-state index contributed by atoms with van der Waals surface area (Å²) in [7, 11) is 1.65. The zero-order chi connectivity index (χ0) is 20.4. The second-order valence-electron chi connectivity index (χ2n) is 6.49. The number of rotatable bonds is 5. The van der Waals surface area contributed by atoms with Crippen LogP contribution in [0.25, 0.3) is 21.3 Å². The van der Waals surface area contributed by atoms with Crippen LogP contribution < -0.4 is 10.3 Å². The zero-order valence-corrected chi connectivity index (χ0v) is 17.5. The van der Waals surface area contributed by atoms with Gasteiger partial charge in [0.25, 0.3) is 5.56 Å². The van der Waals surface area contributed by atoms with Crippen LogP contribution in [0.15, 0.2) is 57.8 Å². The maximum Gasteiger partial charge on any atom is 0.260 e. The number of benzene rings is 2. The molecule has 4 aromatic rings. The van der Waals surface area contributed by atoms with Gasteiger partial charge in [0.15, 0.2) is 5.16 Å². The molecule has 2 heterocycles. The molecule has 7 heteroatoms. The van der Waals surface area contributed by atoms with Gasteiger partial charge < -0.3 is 9.72 Å². The minimum atomic E-state index is -0.145. The molecule has 0 aliphatic heterocycles. The van der Waals surface area contributed by atoms with E-state index in [1.807, 2.05) is 48.7 Å². The van der Waals surface area contributed by atoms with Crippen molar-refractivity contribution < 1.29 is 4.74 Å². The number of methoxy groups -OCH3 is 1. The van der Waals surface area contributed by atoms with Crippen LogP contribution in [0.5, 0.6) is 5.75 Å². The van der Waals surface area contributed by atoms with E-state index in [9.17, 15) is 4.79 Å². The molecule has 0 atom stereocenters. The lowest BCUT2D eigenvalue weighted by Crippen LogP contribution is -2.08. The number of nitrogens with one attached hydrogen (secondary N) is 1. The number of aromatic amines is 1. The highest BCUT2D eigenvalue weighted by Gasteiger charge is 2.14. The van der Waals surface area contributed by atoms with E-state index in [0.29, 0.717) is 26.7 Å². The Balaban J connectivity index is 1.64. The molecule has 0 unspecified atom stereocenters. The van der Waals surface area contributed by atoms with Gasteiger partial charge in [0.2, 0.25) is 0 Å². The number of hydrogen-bond donors (Lipinski definition) is 1. The Hall–Kier alpha value is -3.08. The van der Waals surface area contributed by atoms with Crippen LogP contribution in [-0.4, -0.2) is 17.1 Å². The van der Waals surface area contributed by atoms with Crippen LogP contribution in [-0.2, 0) is 5.75 Å². The molecule has 2 aromatic carbocycles. The van der Waals surface area contributed by atoms with Crippen molar-refractivity contribution in [1.29, 1.82) is 5.26 Å². The molecule has 0 spiro atoms. The number of thiophene rings is 1. The average Bonchev–Trinajstić information content (AvgIpc) is 3.17. The molecule has 1 N–H and O–H groups in total. The Bertz CT molecular complexity index is 1300. The zero-order valence-electron chi connectivity index (χ0n) is 15.9. The van der Waals surface area contributed by atoms with E-state index in [2.05, 4.69) is 16.0 Å². The summed E-state index contributed by atoms with van der Waals surface area (Å²) in [5.41, 5.74) is 4.35. The number of fused-ring (bicyclic) bond motifs is 1. The van der Waals surface area contributed by atoms with Crippen molar-refractivity contribution in [3.8, 4) is 22.9 Å². The summed E-state index contributed by atoms with van der Waals surface area (Å²) in [5.74, 6) is 1.44. The number of aryl methyl sites for hydroxylation is 1. The minimum absolute atomic E-state index is 0.145. The van der Waals surface area contributed by atoms with Gasteiger partial charge in [0.05, 0.1) is 24.1 Å². The monoisotopic (exact) mass is 419 g/mol. The van der Waals surface area contributed by atoms with Crippen molar-refractivity contribution >= 4 is 33.3 Å². The number of H-pyrrole nitrogens is 1. The third kappa shape index (κ3) is 3.90.